The highest BCUT2D eigenvalue weighted by atomic mass is 127. The maximum Gasteiger partial charge on any atom is 0.191 e. The molecule has 33 heavy (non-hydrogen) atoms. The summed E-state index contributed by atoms with van der Waals surface area (Å²) >= 11 is 0. The van der Waals surface area contributed by atoms with E-state index in [0.29, 0.717) is 12.1 Å². The Morgan fingerprint density at radius 1 is 1.06 bits per heavy atom. The number of hydrogen-bond acceptors (Lipinski definition) is 6. The van der Waals surface area contributed by atoms with Crippen LogP contribution in [0.3, 0.4) is 0 Å². The molecule has 1 atom stereocenters. The van der Waals surface area contributed by atoms with Crippen molar-refractivity contribution in [1.29, 1.82) is 0 Å². The second kappa shape index (κ2) is 14.2. The first kappa shape index (κ1) is 27.9. The summed E-state index contributed by atoms with van der Waals surface area (Å²) in [6.45, 7) is 10.9. The number of nitrogens with one attached hydrogen (secondary N) is 2. The van der Waals surface area contributed by atoms with E-state index in [1.807, 2.05) is 13.1 Å². The summed E-state index contributed by atoms with van der Waals surface area (Å²) in [5, 5.41) is 7.22. The molecule has 0 aromatic heterocycles. The molecule has 8 nitrogen and oxygen atoms in total. The molecule has 0 spiro atoms. The van der Waals surface area contributed by atoms with Crippen molar-refractivity contribution in [2.24, 2.45) is 4.99 Å². The zero-order valence-corrected chi connectivity index (χ0v) is 23.1. The predicted molar refractivity (Wildman–Crippen MR) is 144 cm³/mol. The molecule has 2 aliphatic heterocycles. The van der Waals surface area contributed by atoms with Crippen LogP contribution in [0.4, 0.5) is 0 Å². The van der Waals surface area contributed by atoms with Crippen LogP contribution in [0.2, 0.25) is 0 Å². The summed E-state index contributed by atoms with van der Waals surface area (Å²) < 4.78 is 16.6. The Morgan fingerprint density at radius 3 is 2.30 bits per heavy atom. The first-order chi connectivity index (χ1) is 15.5. The van der Waals surface area contributed by atoms with Gasteiger partial charge in [-0.1, -0.05) is 6.07 Å². The molecule has 2 fully saturated rings. The molecule has 0 amide bonds. The summed E-state index contributed by atoms with van der Waals surface area (Å²) in [6, 6.07) is 7.44. The van der Waals surface area contributed by atoms with Crippen molar-refractivity contribution < 1.29 is 14.2 Å². The molecule has 2 aliphatic rings. The van der Waals surface area contributed by atoms with Crippen LogP contribution in [0.25, 0.3) is 0 Å². The second-order valence-electron chi connectivity index (χ2n) is 8.78. The number of likely N-dealkylation sites (tertiary alicyclic amines) is 1. The molecular weight excluding hydrogens is 533 g/mol. The van der Waals surface area contributed by atoms with Gasteiger partial charge in [-0.15, -0.1) is 24.0 Å². The van der Waals surface area contributed by atoms with E-state index in [0.717, 1.165) is 76.2 Å². The molecule has 2 N–H and O–H groups in total. The molecular formula is C24H42IN5O3. The van der Waals surface area contributed by atoms with E-state index in [9.17, 15) is 0 Å². The van der Waals surface area contributed by atoms with Gasteiger partial charge in [0, 0.05) is 51.9 Å². The predicted octanol–water partition coefficient (Wildman–Crippen LogP) is 2.73. The second-order valence-corrected chi connectivity index (χ2v) is 8.78. The fourth-order valence-corrected chi connectivity index (χ4v) is 4.55. The minimum atomic E-state index is 0. The fraction of sp³-hybridized carbons (Fsp3) is 0.708. The highest BCUT2D eigenvalue weighted by molar-refractivity contribution is 14.0. The third kappa shape index (κ3) is 7.87. The molecule has 0 bridgehead atoms. The highest BCUT2D eigenvalue weighted by Gasteiger charge is 2.25. The van der Waals surface area contributed by atoms with Crippen molar-refractivity contribution in [3.05, 3.63) is 23.8 Å². The monoisotopic (exact) mass is 575 g/mol. The Labute approximate surface area is 216 Å². The normalized spacial score (nSPS) is 19.6. The maximum absolute atomic E-state index is 5.59. The van der Waals surface area contributed by atoms with Gasteiger partial charge in [0.25, 0.3) is 0 Å². The van der Waals surface area contributed by atoms with E-state index in [-0.39, 0.29) is 30.0 Å². The van der Waals surface area contributed by atoms with Crippen molar-refractivity contribution in [1.82, 2.24) is 20.4 Å². The van der Waals surface area contributed by atoms with Crippen LogP contribution in [0, 0.1) is 0 Å². The van der Waals surface area contributed by atoms with E-state index in [1.54, 1.807) is 14.2 Å². The summed E-state index contributed by atoms with van der Waals surface area (Å²) in [7, 11) is 5.19. The number of piperidine rings is 1. The standard InChI is InChI=1S/C24H41N5O3.HI/c1-18(2)28-10-8-20(9-11-28)27-24(25-3)26-17-21(29-12-14-32-15-13-29)19-6-7-22(30-4)23(16-19)31-5;/h6-7,16,18,20-21H,8-15,17H2,1-5H3,(H2,25,26,27);1H. The highest BCUT2D eigenvalue weighted by Crippen LogP contribution is 2.32. The molecule has 1 aromatic carbocycles. The van der Waals surface area contributed by atoms with E-state index < -0.39 is 0 Å². The number of benzene rings is 1. The zero-order valence-electron chi connectivity index (χ0n) is 20.8. The van der Waals surface area contributed by atoms with Crippen LogP contribution >= 0.6 is 24.0 Å². The van der Waals surface area contributed by atoms with Crippen LogP contribution in [-0.4, -0.2) is 95.0 Å². The van der Waals surface area contributed by atoms with Gasteiger partial charge in [0.1, 0.15) is 0 Å². The first-order valence-corrected chi connectivity index (χ1v) is 11.8. The number of ether oxygens (including phenoxy) is 3. The Balaban J connectivity index is 0.00000385. The van der Waals surface area contributed by atoms with Crippen LogP contribution in [0.5, 0.6) is 11.5 Å². The molecule has 0 saturated carbocycles. The largest absolute Gasteiger partial charge is 0.493 e. The van der Waals surface area contributed by atoms with Gasteiger partial charge < -0.3 is 29.7 Å². The number of aliphatic imine (C=N–C) groups is 1. The van der Waals surface area contributed by atoms with Gasteiger partial charge in [0.2, 0.25) is 0 Å². The van der Waals surface area contributed by atoms with Gasteiger partial charge in [-0.05, 0) is 44.4 Å². The van der Waals surface area contributed by atoms with Crippen molar-refractivity contribution in [3.8, 4) is 11.5 Å². The Bertz CT molecular complexity index is 735. The third-order valence-corrected chi connectivity index (χ3v) is 6.57. The molecule has 9 heteroatoms. The van der Waals surface area contributed by atoms with Crippen LogP contribution in [0.1, 0.15) is 38.3 Å². The molecule has 2 saturated heterocycles. The van der Waals surface area contributed by atoms with Gasteiger partial charge in [-0.25, -0.2) is 0 Å². The Kier molecular flexibility index (Phi) is 12.0. The smallest absolute Gasteiger partial charge is 0.191 e. The third-order valence-electron chi connectivity index (χ3n) is 6.57. The molecule has 1 aromatic rings. The van der Waals surface area contributed by atoms with Crippen molar-refractivity contribution >= 4 is 29.9 Å². The van der Waals surface area contributed by atoms with E-state index in [4.69, 9.17) is 14.2 Å². The Morgan fingerprint density at radius 2 is 1.73 bits per heavy atom. The Hall–Kier alpha value is -1.30. The lowest BCUT2D eigenvalue weighted by Crippen LogP contribution is -2.51. The maximum atomic E-state index is 5.59. The molecule has 188 valence electrons. The lowest BCUT2D eigenvalue weighted by molar-refractivity contribution is 0.0169. The van der Waals surface area contributed by atoms with Gasteiger partial charge in [-0.3, -0.25) is 9.89 Å². The van der Waals surface area contributed by atoms with Gasteiger partial charge in [0.15, 0.2) is 17.5 Å². The number of morpholine rings is 1. The lowest BCUT2D eigenvalue weighted by Gasteiger charge is -2.37. The first-order valence-electron chi connectivity index (χ1n) is 11.8. The SMILES string of the molecule is CN=C(NCC(c1ccc(OC)c(OC)c1)N1CCOCC1)NC1CCN(C(C)C)CC1.I. The average molecular weight is 576 g/mol. The summed E-state index contributed by atoms with van der Waals surface area (Å²) in [6.07, 6.45) is 2.28. The van der Waals surface area contributed by atoms with Crippen LogP contribution < -0.4 is 20.1 Å². The number of rotatable bonds is 8. The minimum absolute atomic E-state index is 0. The minimum Gasteiger partial charge on any atom is -0.493 e. The van der Waals surface area contributed by atoms with Crippen molar-refractivity contribution in [2.45, 2.75) is 44.8 Å². The van der Waals surface area contributed by atoms with Gasteiger partial charge >= 0.3 is 0 Å². The van der Waals surface area contributed by atoms with Crippen molar-refractivity contribution in [3.63, 3.8) is 0 Å². The average Bonchev–Trinajstić information content (AvgIpc) is 2.84. The van der Waals surface area contributed by atoms with Gasteiger partial charge in [-0.2, -0.15) is 0 Å². The molecule has 2 heterocycles. The fourth-order valence-electron chi connectivity index (χ4n) is 4.55. The molecule has 0 aliphatic carbocycles. The quantitative estimate of drug-likeness (QED) is 0.281. The van der Waals surface area contributed by atoms with E-state index in [2.05, 4.69) is 51.4 Å². The zero-order chi connectivity index (χ0) is 22.9. The number of halogens is 1. The molecule has 3 rings (SSSR count). The van der Waals surface area contributed by atoms with E-state index >= 15 is 0 Å². The number of guanidine groups is 1. The van der Waals surface area contributed by atoms with E-state index in [1.165, 1.54) is 5.56 Å². The van der Waals surface area contributed by atoms with Crippen LogP contribution in [-0.2, 0) is 4.74 Å². The number of hydrogen-bond donors (Lipinski definition) is 2. The van der Waals surface area contributed by atoms with Crippen molar-refractivity contribution in [2.75, 3.05) is 67.2 Å². The summed E-state index contributed by atoms with van der Waals surface area (Å²) in [4.78, 5) is 9.51. The number of methoxy groups -OCH3 is 2. The summed E-state index contributed by atoms with van der Waals surface area (Å²) in [5.41, 5.74) is 1.19. The molecule has 1 unspecified atom stereocenters. The number of nitrogens with zero attached hydrogens (tertiary/aromatic N) is 3. The molecule has 0 radical (unpaired) electrons. The summed E-state index contributed by atoms with van der Waals surface area (Å²) in [5.74, 6) is 2.37. The topological polar surface area (TPSA) is 70.6 Å². The van der Waals surface area contributed by atoms with Crippen LogP contribution in [0.15, 0.2) is 23.2 Å². The lowest BCUT2D eigenvalue weighted by atomic mass is 10.0. The van der Waals surface area contributed by atoms with Gasteiger partial charge in [0.05, 0.1) is 33.5 Å².